The van der Waals surface area contributed by atoms with Gasteiger partial charge in [-0.3, -0.25) is 0 Å². The number of hydrogen-bond donors (Lipinski definition) is 0. The summed E-state index contributed by atoms with van der Waals surface area (Å²) in [5.41, 5.74) is 1.97. The van der Waals surface area contributed by atoms with Crippen molar-refractivity contribution in [2.45, 2.75) is 31.2 Å². The van der Waals surface area contributed by atoms with Gasteiger partial charge in [-0.15, -0.1) is 11.6 Å². The maximum absolute atomic E-state index is 6.02. The lowest BCUT2D eigenvalue weighted by atomic mass is 10.1. The van der Waals surface area contributed by atoms with E-state index in [-0.39, 0.29) is 6.10 Å². The van der Waals surface area contributed by atoms with Crippen molar-refractivity contribution < 1.29 is 9.47 Å². The van der Waals surface area contributed by atoms with E-state index in [4.69, 9.17) is 21.1 Å². The zero-order valence-corrected chi connectivity index (χ0v) is 12.1. The van der Waals surface area contributed by atoms with Gasteiger partial charge in [-0.1, -0.05) is 18.2 Å². The highest BCUT2D eigenvalue weighted by Crippen LogP contribution is 2.24. The largest absolute Gasteiger partial charge is 0.475 e. The summed E-state index contributed by atoms with van der Waals surface area (Å²) in [4.78, 5) is 4.53. The molecule has 20 heavy (non-hydrogen) atoms. The molecule has 0 amide bonds. The van der Waals surface area contributed by atoms with Gasteiger partial charge in [-0.25, -0.2) is 4.98 Å². The van der Waals surface area contributed by atoms with Crippen LogP contribution in [0.15, 0.2) is 30.3 Å². The molecule has 0 spiro atoms. The van der Waals surface area contributed by atoms with E-state index in [1.807, 2.05) is 30.3 Å². The topological polar surface area (TPSA) is 31.4 Å². The summed E-state index contributed by atoms with van der Waals surface area (Å²) in [6, 6.07) is 9.92. The summed E-state index contributed by atoms with van der Waals surface area (Å²) in [7, 11) is 0. The summed E-state index contributed by atoms with van der Waals surface area (Å²) >= 11 is 6.02. The Morgan fingerprint density at radius 1 is 1.30 bits per heavy atom. The Bertz CT molecular complexity index is 582. The molecule has 1 atom stereocenters. The van der Waals surface area contributed by atoms with Crippen LogP contribution in [-0.2, 0) is 10.6 Å². The number of rotatable bonds is 4. The van der Waals surface area contributed by atoms with E-state index in [1.54, 1.807) is 0 Å². The first-order chi connectivity index (χ1) is 9.86. The Hall–Kier alpha value is -1.32. The van der Waals surface area contributed by atoms with Crippen LogP contribution >= 0.6 is 11.6 Å². The highest BCUT2D eigenvalue weighted by Gasteiger charge is 2.15. The van der Waals surface area contributed by atoms with Crippen LogP contribution in [0.1, 0.15) is 24.8 Å². The number of benzene rings is 1. The van der Waals surface area contributed by atoms with Crippen LogP contribution in [0, 0.1) is 0 Å². The third-order valence-electron chi connectivity index (χ3n) is 3.61. The first kappa shape index (κ1) is 13.7. The zero-order chi connectivity index (χ0) is 13.8. The Kier molecular flexibility index (Phi) is 4.38. The lowest BCUT2D eigenvalue weighted by molar-refractivity contribution is -0.0118. The predicted molar refractivity (Wildman–Crippen MR) is 80.4 cm³/mol. The molecule has 0 N–H and O–H groups in total. The molecule has 3 nitrogen and oxygen atoms in total. The number of alkyl halides is 1. The fraction of sp³-hybridized carbons (Fsp3) is 0.438. The third-order valence-corrected chi connectivity index (χ3v) is 3.90. The molecular formula is C16H18ClNO2. The molecule has 1 unspecified atom stereocenters. The summed E-state index contributed by atoms with van der Waals surface area (Å²) in [6.45, 7) is 1.40. The van der Waals surface area contributed by atoms with Crippen molar-refractivity contribution in [3.05, 3.63) is 35.9 Å². The highest BCUT2D eigenvalue weighted by atomic mass is 35.5. The predicted octanol–water partition coefficient (Wildman–Crippen LogP) is 3.92. The molecule has 2 heterocycles. The molecule has 106 valence electrons. The first-order valence-corrected chi connectivity index (χ1v) is 7.59. The van der Waals surface area contributed by atoms with Crippen molar-refractivity contribution in [2.24, 2.45) is 0 Å². The average molecular weight is 292 g/mol. The molecule has 0 radical (unpaired) electrons. The van der Waals surface area contributed by atoms with Crippen molar-refractivity contribution in [3.63, 3.8) is 0 Å². The molecule has 3 rings (SSSR count). The second kappa shape index (κ2) is 6.42. The van der Waals surface area contributed by atoms with Crippen LogP contribution in [0.25, 0.3) is 10.9 Å². The van der Waals surface area contributed by atoms with Crippen LogP contribution < -0.4 is 4.74 Å². The van der Waals surface area contributed by atoms with Crippen LogP contribution in [0.5, 0.6) is 5.88 Å². The lowest BCUT2D eigenvalue weighted by Crippen LogP contribution is -2.26. The molecule has 1 aromatic heterocycles. The molecule has 1 aliphatic rings. The van der Waals surface area contributed by atoms with Gasteiger partial charge in [-0.2, -0.15) is 0 Å². The molecule has 1 fully saturated rings. The zero-order valence-electron chi connectivity index (χ0n) is 11.3. The number of fused-ring (bicyclic) bond motifs is 1. The maximum atomic E-state index is 6.02. The van der Waals surface area contributed by atoms with Crippen LogP contribution in [0.3, 0.4) is 0 Å². The van der Waals surface area contributed by atoms with Crippen LogP contribution in [0.4, 0.5) is 0 Å². The number of aromatic nitrogens is 1. The number of halogens is 1. The van der Waals surface area contributed by atoms with Gasteiger partial charge in [0.2, 0.25) is 5.88 Å². The van der Waals surface area contributed by atoms with Gasteiger partial charge in [0.1, 0.15) is 6.61 Å². The minimum Gasteiger partial charge on any atom is -0.475 e. The van der Waals surface area contributed by atoms with Crippen molar-refractivity contribution in [1.29, 1.82) is 0 Å². The van der Waals surface area contributed by atoms with Crippen molar-refractivity contribution in [3.8, 4) is 5.88 Å². The van der Waals surface area contributed by atoms with Crippen molar-refractivity contribution in [2.75, 3.05) is 13.2 Å². The van der Waals surface area contributed by atoms with E-state index in [0.29, 0.717) is 18.4 Å². The van der Waals surface area contributed by atoms with Gasteiger partial charge in [0, 0.05) is 23.9 Å². The number of pyridine rings is 1. The van der Waals surface area contributed by atoms with E-state index in [9.17, 15) is 0 Å². The SMILES string of the molecule is ClCc1cc(OCC2CCCCO2)nc2ccccc12. The number of para-hydroxylation sites is 1. The second-order valence-electron chi connectivity index (χ2n) is 5.07. The van der Waals surface area contributed by atoms with E-state index in [0.717, 1.165) is 35.9 Å². The summed E-state index contributed by atoms with van der Waals surface area (Å²) in [5, 5.41) is 1.09. The molecular weight excluding hydrogens is 274 g/mol. The van der Waals surface area contributed by atoms with Crippen LogP contribution in [-0.4, -0.2) is 24.3 Å². The molecule has 1 aliphatic heterocycles. The minimum atomic E-state index is 0.191. The molecule has 0 aliphatic carbocycles. The van der Waals surface area contributed by atoms with Gasteiger partial charge in [-0.05, 0) is 30.9 Å². The normalized spacial score (nSPS) is 19.1. The first-order valence-electron chi connectivity index (χ1n) is 7.06. The Labute approximate surface area is 123 Å². The van der Waals surface area contributed by atoms with Gasteiger partial charge in [0.25, 0.3) is 0 Å². The summed E-state index contributed by atoms with van der Waals surface area (Å²) in [6.07, 6.45) is 3.62. The fourth-order valence-corrected chi connectivity index (χ4v) is 2.74. The quantitative estimate of drug-likeness (QED) is 0.800. The Morgan fingerprint density at radius 2 is 2.20 bits per heavy atom. The smallest absolute Gasteiger partial charge is 0.214 e. The average Bonchev–Trinajstić information content (AvgIpc) is 2.53. The van der Waals surface area contributed by atoms with Crippen LogP contribution in [0.2, 0.25) is 0 Å². The summed E-state index contributed by atoms with van der Waals surface area (Å²) in [5.74, 6) is 1.09. The lowest BCUT2D eigenvalue weighted by Gasteiger charge is -2.22. The number of ether oxygens (including phenoxy) is 2. The molecule has 2 aromatic rings. The minimum absolute atomic E-state index is 0.191. The fourth-order valence-electron chi connectivity index (χ4n) is 2.52. The van der Waals surface area contributed by atoms with Gasteiger partial charge in [0.15, 0.2) is 0 Å². The molecule has 1 aromatic carbocycles. The van der Waals surface area contributed by atoms with Gasteiger partial charge in [0.05, 0.1) is 11.6 Å². The molecule has 0 bridgehead atoms. The van der Waals surface area contributed by atoms with E-state index in [2.05, 4.69) is 4.98 Å². The summed E-state index contributed by atoms with van der Waals surface area (Å²) < 4.78 is 11.5. The van der Waals surface area contributed by atoms with Gasteiger partial charge < -0.3 is 9.47 Å². The highest BCUT2D eigenvalue weighted by molar-refractivity contribution is 6.18. The third kappa shape index (κ3) is 3.05. The van der Waals surface area contributed by atoms with Crippen molar-refractivity contribution in [1.82, 2.24) is 4.98 Å². The molecule has 0 saturated carbocycles. The Morgan fingerprint density at radius 3 is 3.00 bits per heavy atom. The van der Waals surface area contributed by atoms with E-state index < -0.39 is 0 Å². The van der Waals surface area contributed by atoms with Crippen molar-refractivity contribution >= 4 is 22.5 Å². The number of hydrogen-bond acceptors (Lipinski definition) is 3. The van der Waals surface area contributed by atoms with E-state index >= 15 is 0 Å². The van der Waals surface area contributed by atoms with E-state index in [1.165, 1.54) is 6.42 Å². The second-order valence-corrected chi connectivity index (χ2v) is 5.34. The molecule has 1 saturated heterocycles. The van der Waals surface area contributed by atoms with Gasteiger partial charge >= 0.3 is 0 Å². The standard InChI is InChI=1S/C16H18ClNO2/c17-10-12-9-16(18-15-7-2-1-6-14(12)15)20-11-13-5-3-4-8-19-13/h1-2,6-7,9,13H,3-5,8,10-11H2. The monoisotopic (exact) mass is 291 g/mol. The Balaban J connectivity index is 1.77. The molecule has 4 heteroatoms. The maximum Gasteiger partial charge on any atom is 0.214 e. The number of nitrogens with zero attached hydrogens (tertiary/aromatic N) is 1.